The van der Waals surface area contributed by atoms with Crippen LogP contribution in [0.5, 0.6) is 0 Å². The molecule has 1 aliphatic heterocycles. The van der Waals surface area contributed by atoms with Gasteiger partial charge in [-0.15, -0.1) is 11.3 Å². The normalized spacial score (nSPS) is 21.9. The molecule has 2 aromatic heterocycles. The number of aliphatic hydroxyl groups excluding tert-OH is 1. The van der Waals surface area contributed by atoms with Gasteiger partial charge in [0.1, 0.15) is 5.69 Å². The van der Waals surface area contributed by atoms with E-state index < -0.39 is 6.10 Å². The van der Waals surface area contributed by atoms with Crippen molar-refractivity contribution in [2.24, 2.45) is 0 Å². The van der Waals surface area contributed by atoms with Crippen LogP contribution in [0.2, 0.25) is 0 Å². The smallest absolute Gasteiger partial charge is 0.271 e. The van der Waals surface area contributed by atoms with Gasteiger partial charge < -0.3 is 10.4 Å². The molecule has 6 nitrogen and oxygen atoms in total. The number of aliphatic hydroxyl groups is 1. The number of thiophene rings is 1. The summed E-state index contributed by atoms with van der Waals surface area (Å²) in [6.45, 7) is 4.07. The molecular formula is C15H18N4O2S. The van der Waals surface area contributed by atoms with Crippen molar-refractivity contribution in [2.45, 2.75) is 25.6 Å². The number of hydrogen-bond acceptors (Lipinski definition) is 6. The van der Waals surface area contributed by atoms with Gasteiger partial charge in [0.2, 0.25) is 0 Å². The number of nitrogens with zero attached hydrogens (tertiary/aromatic N) is 3. The van der Waals surface area contributed by atoms with E-state index >= 15 is 0 Å². The molecule has 0 aromatic carbocycles. The van der Waals surface area contributed by atoms with Gasteiger partial charge in [-0.05, 0) is 19.1 Å². The summed E-state index contributed by atoms with van der Waals surface area (Å²) >= 11 is 1.76. The first-order valence-corrected chi connectivity index (χ1v) is 7.96. The molecule has 0 radical (unpaired) electrons. The second-order valence-electron chi connectivity index (χ2n) is 5.44. The zero-order valence-electron chi connectivity index (χ0n) is 12.3. The lowest BCUT2D eigenvalue weighted by atomic mass is 10.2. The summed E-state index contributed by atoms with van der Waals surface area (Å²) in [5, 5.41) is 13.0. The Morgan fingerprint density at radius 3 is 3.00 bits per heavy atom. The number of nitrogens with one attached hydrogen (secondary N) is 1. The first kappa shape index (κ1) is 15.1. The maximum atomic E-state index is 12.1. The Balaban J connectivity index is 1.58. The number of hydrogen-bond donors (Lipinski definition) is 2. The Morgan fingerprint density at radius 1 is 1.45 bits per heavy atom. The average molecular weight is 318 g/mol. The van der Waals surface area contributed by atoms with Gasteiger partial charge in [0.15, 0.2) is 0 Å². The number of rotatable bonds is 4. The van der Waals surface area contributed by atoms with Crippen molar-refractivity contribution < 1.29 is 9.90 Å². The van der Waals surface area contributed by atoms with Crippen LogP contribution in [0.25, 0.3) is 0 Å². The summed E-state index contributed by atoms with van der Waals surface area (Å²) in [6.07, 6.45) is 3.85. The molecule has 1 amide bonds. The van der Waals surface area contributed by atoms with Crippen molar-refractivity contribution in [3.63, 3.8) is 0 Å². The summed E-state index contributed by atoms with van der Waals surface area (Å²) < 4.78 is 0. The maximum Gasteiger partial charge on any atom is 0.271 e. The number of amides is 1. The van der Waals surface area contributed by atoms with Crippen molar-refractivity contribution in [3.05, 3.63) is 46.2 Å². The van der Waals surface area contributed by atoms with E-state index in [0.717, 1.165) is 6.54 Å². The van der Waals surface area contributed by atoms with Crippen molar-refractivity contribution in [1.82, 2.24) is 20.2 Å². The lowest BCUT2D eigenvalue weighted by molar-refractivity contribution is 0.0883. The number of carbonyl (C=O) groups is 1. The molecule has 1 fully saturated rings. The van der Waals surface area contributed by atoms with E-state index in [1.54, 1.807) is 11.3 Å². The molecule has 2 atom stereocenters. The lowest BCUT2D eigenvalue weighted by Crippen LogP contribution is -2.43. The molecule has 3 rings (SSSR count). The van der Waals surface area contributed by atoms with Gasteiger partial charge in [-0.1, -0.05) is 0 Å². The zero-order valence-corrected chi connectivity index (χ0v) is 13.1. The number of carbonyl (C=O) groups excluding carboxylic acids is 1. The van der Waals surface area contributed by atoms with Crippen LogP contribution in [0.15, 0.2) is 30.7 Å². The highest BCUT2D eigenvalue weighted by atomic mass is 32.1. The van der Waals surface area contributed by atoms with E-state index in [1.165, 1.54) is 28.3 Å². The highest BCUT2D eigenvalue weighted by Gasteiger charge is 2.32. The maximum absolute atomic E-state index is 12.1. The van der Waals surface area contributed by atoms with E-state index in [2.05, 4.69) is 39.2 Å². The summed E-state index contributed by atoms with van der Waals surface area (Å²) in [4.78, 5) is 24.6. The minimum atomic E-state index is -0.568. The van der Waals surface area contributed by atoms with Crippen LogP contribution in [-0.4, -0.2) is 51.1 Å². The Hall–Kier alpha value is -1.83. The fourth-order valence-corrected chi connectivity index (χ4v) is 3.52. The predicted octanol–water partition coefficient (Wildman–Crippen LogP) is 0.822. The van der Waals surface area contributed by atoms with Gasteiger partial charge in [-0.3, -0.25) is 14.7 Å². The second-order valence-corrected chi connectivity index (χ2v) is 6.82. The van der Waals surface area contributed by atoms with Crippen LogP contribution in [-0.2, 0) is 6.54 Å². The van der Waals surface area contributed by atoms with Crippen molar-refractivity contribution in [1.29, 1.82) is 0 Å². The van der Waals surface area contributed by atoms with Crippen LogP contribution in [0.3, 0.4) is 0 Å². The quantitative estimate of drug-likeness (QED) is 0.873. The summed E-state index contributed by atoms with van der Waals surface area (Å²) in [5.41, 5.74) is 0.266. The van der Waals surface area contributed by atoms with Gasteiger partial charge >= 0.3 is 0 Å². The Morgan fingerprint density at radius 2 is 2.32 bits per heavy atom. The molecule has 1 saturated heterocycles. The van der Waals surface area contributed by atoms with Crippen LogP contribution >= 0.6 is 11.3 Å². The number of likely N-dealkylation sites (tertiary alicyclic amines) is 1. The highest BCUT2D eigenvalue weighted by molar-refractivity contribution is 7.11. The molecule has 7 heteroatoms. The SMILES string of the molecule is Cc1ccc(CN2C[C@@H](O)[C@H](NC(=O)c3cnccn3)C2)s1. The van der Waals surface area contributed by atoms with Crippen LogP contribution < -0.4 is 5.32 Å². The Kier molecular flexibility index (Phi) is 4.47. The van der Waals surface area contributed by atoms with Gasteiger partial charge in [0, 0.05) is 41.8 Å². The molecule has 0 saturated carbocycles. The van der Waals surface area contributed by atoms with Crippen LogP contribution in [0, 0.1) is 6.92 Å². The molecule has 2 aromatic rings. The van der Waals surface area contributed by atoms with Crippen LogP contribution in [0.4, 0.5) is 0 Å². The number of aryl methyl sites for hydroxylation is 1. The summed E-state index contributed by atoms with van der Waals surface area (Å²) in [7, 11) is 0. The average Bonchev–Trinajstić information content (AvgIpc) is 3.06. The third-order valence-corrected chi connectivity index (χ3v) is 4.64. The summed E-state index contributed by atoms with van der Waals surface area (Å²) in [6, 6.07) is 3.92. The molecule has 22 heavy (non-hydrogen) atoms. The Labute approximate surface area is 132 Å². The lowest BCUT2D eigenvalue weighted by Gasteiger charge is -2.16. The fraction of sp³-hybridized carbons (Fsp3) is 0.400. The molecule has 0 unspecified atom stereocenters. The van der Waals surface area contributed by atoms with E-state index in [9.17, 15) is 9.90 Å². The van der Waals surface area contributed by atoms with Gasteiger partial charge in [-0.25, -0.2) is 4.98 Å². The predicted molar refractivity (Wildman–Crippen MR) is 83.6 cm³/mol. The number of aromatic nitrogens is 2. The minimum Gasteiger partial charge on any atom is -0.390 e. The summed E-state index contributed by atoms with van der Waals surface area (Å²) in [5.74, 6) is -0.300. The van der Waals surface area contributed by atoms with E-state index in [4.69, 9.17) is 0 Å². The topological polar surface area (TPSA) is 78.4 Å². The van der Waals surface area contributed by atoms with Gasteiger partial charge in [-0.2, -0.15) is 0 Å². The van der Waals surface area contributed by atoms with Crippen LogP contribution in [0.1, 0.15) is 20.2 Å². The monoisotopic (exact) mass is 318 g/mol. The van der Waals surface area contributed by atoms with Gasteiger partial charge in [0.05, 0.1) is 18.3 Å². The van der Waals surface area contributed by atoms with Crippen molar-refractivity contribution in [2.75, 3.05) is 13.1 Å². The molecule has 116 valence electrons. The molecule has 3 heterocycles. The molecule has 0 aliphatic carbocycles. The number of β-amino-alcohol motifs (C(OH)–C–C–N with tert-alkyl or cyclic N) is 1. The van der Waals surface area contributed by atoms with E-state index in [0.29, 0.717) is 13.1 Å². The molecule has 0 bridgehead atoms. The second kappa shape index (κ2) is 6.51. The largest absolute Gasteiger partial charge is 0.390 e. The molecule has 2 N–H and O–H groups in total. The molecule has 0 spiro atoms. The standard InChI is InChI=1S/C15H18N4O2S/c1-10-2-3-11(22-10)7-19-8-13(14(20)9-19)18-15(21)12-6-16-4-5-17-12/h2-6,13-14,20H,7-9H2,1H3,(H,18,21)/t13-,14-/m1/s1. The fourth-order valence-electron chi connectivity index (χ4n) is 2.59. The minimum absolute atomic E-state index is 0.266. The third-order valence-electron chi connectivity index (χ3n) is 3.65. The van der Waals surface area contributed by atoms with Crippen molar-refractivity contribution >= 4 is 17.2 Å². The van der Waals surface area contributed by atoms with E-state index in [-0.39, 0.29) is 17.6 Å². The van der Waals surface area contributed by atoms with Crippen molar-refractivity contribution in [3.8, 4) is 0 Å². The van der Waals surface area contributed by atoms with Gasteiger partial charge in [0.25, 0.3) is 5.91 Å². The third kappa shape index (κ3) is 3.49. The highest BCUT2D eigenvalue weighted by Crippen LogP contribution is 2.20. The first-order chi connectivity index (χ1) is 10.6. The van der Waals surface area contributed by atoms with E-state index in [1.807, 2.05) is 0 Å². The Bertz CT molecular complexity index is 646. The zero-order chi connectivity index (χ0) is 15.5. The molecular weight excluding hydrogens is 300 g/mol. The molecule has 1 aliphatic rings. The first-order valence-electron chi connectivity index (χ1n) is 7.14.